The molecule has 0 aliphatic carbocycles. The summed E-state index contributed by atoms with van der Waals surface area (Å²) in [6, 6.07) is 10.9. The zero-order chi connectivity index (χ0) is 21.9. The maximum Gasteiger partial charge on any atom is 0.339 e. The molecule has 7 nitrogen and oxygen atoms in total. The number of benzene rings is 2. The zero-order valence-corrected chi connectivity index (χ0v) is 17.4. The van der Waals surface area contributed by atoms with Crippen LogP contribution in [0.4, 0.5) is 5.69 Å². The highest BCUT2D eigenvalue weighted by Crippen LogP contribution is 2.20. The van der Waals surface area contributed by atoms with Crippen LogP contribution in [-0.4, -0.2) is 23.5 Å². The maximum absolute atomic E-state index is 12.5. The first-order valence-electron chi connectivity index (χ1n) is 10.1. The van der Waals surface area contributed by atoms with Crippen LogP contribution in [-0.2, 0) is 16.1 Å². The summed E-state index contributed by atoms with van der Waals surface area (Å²) in [5, 5.41) is 10.9. The van der Waals surface area contributed by atoms with Gasteiger partial charge in [0.05, 0.1) is 22.7 Å². The first-order chi connectivity index (χ1) is 14.4. The third-order valence-corrected chi connectivity index (χ3v) is 4.68. The minimum absolute atomic E-state index is 0.00728. The number of hydrogen-bond donors (Lipinski definition) is 0. The number of nitro benzene ring substituents is 1. The fourth-order valence-corrected chi connectivity index (χ4v) is 3.03. The van der Waals surface area contributed by atoms with Crippen LogP contribution in [0.3, 0.4) is 0 Å². The monoisotopic (exact) mass is 413 g/mol. The van der Waals surface area contributed by atoms with Crippen molar-refractivity contribution in [2.45, 2.75) is 52.6 Å². The Labute approximate surface area is 176 Å². The molecule has 2 rings (SSSR count). The Morgan fingerprint density at radius 2 is 1.57 bits per heavy atom. The Balaban J connectivity index is 1.95. The highest BCUT2D eigenvalue weighted by Gasteiger charge is 2.19. The molecular weight excluding hydrogens is 386 g/mol. The second-order valence-electron chi connectivity index (χ2n) is 7.05. The van der Waals surface area contributed by atoms with E-state index < -0.39 is 16.9 Å². The van der Waals surface area contributed by atoms with Crippen molar-refractivity contribution in [1.29, 1.82) is 0 Å². The van der Waals surface area contributed by atoms with Gasteiger partial charge in [-0.3, -0.25) is 10.1 Å². The molecule has 0 saturated heterocycles. The van der Waals surface area contributed by atoms with Crippen molar-refractivity contribution in [2.75, 3.05) is 6.61 Å². The topological polar surface area (TPSA) is 95.7 Å². The third kappa shape index (κ3) is 6.69. The Bertz CT molecular complexity index is 893. The van der Waals surface area contributed by atoms with Gasteiger partial charge in [0.1, 0.15) is 6.61 Å². The van der Waals surface area contributed by atoms with E-state index in [9.17, 15) is 19.7 Å². The van der Waals surface area contributed by atoms with Gasteiger partial charge < -0.3 is 9.47 Å². The zero-order valence-electron chi connectivity index (χ0n) is 17.4. The van der Waals surface area contributed by atoms with E-state index in [1.54, 1.807) is 25.1 Å². The Morgan fingerprint density at radius 1 is 0.933 bits per heavy atom. The minimum atomic E-state index is -0.651. The lowest BCUT2D eigenvalue weighted by Crippen LogP contribution is -2.14. The van der Waals surface area contributed by atoms with Crippen LogP contribution >= 0.6 is 0 Å². The van der Waals surface area contributed by atoms with Crippen molar-refractivity contribution in [1.82, 2.24) is 0 Å². The summed E-state index contributed by atoms with van der Waals surface area (Å²) in [5.74, 6) is -1.20. The number of carbonyl (C=O) groups excluding carboxylic acids is 2. The molecule has 0 aromatic heterocycles. The van der Waals surface area contributed by atoms with Crippen LogP contribution < -0.4 is 0 Å². The summed E-state index contributed by atoms with van der Waals surface area (Å²) >= 11 is 0. The standard InChI is InChI=1S/C23H27NO6/c1-3-4-5-6-9-14-29-22(25)19-10-7-8-11-20(19)23(26)30-16-18-12-13-21(24(27)28)17(2)15-18/h7-8,10-13,15H,3-6,9,14,16H2,1-2H3. The average Bonchev–Trinajstić information content (AvgIpc) is 2.74. The number of unbranched alkanes of at least 4 members (excludes halogenated alkanes) is 4. The van der Waals surface area contributed by atoms with Crippen LogP contribution in [0.25, 0.3) is 0 Å². The molecular formula is C23H27NO6. The Morgan fingerprint density at radius 3 is 2.17 bits per heavy atom. The molecule has 7 heteroatoms. The van der Waals surface area contributed by atoms with E-state index >= 15 is 0 Å². The van der Waals surface area contributed by atoms with Crippen molar-refractivity contribution in [3.63, 3.8) is 0 Å². The van der Waals surface area contributed by atoms with Gasteiger partial charge >= 0.3 is 11.9 Å². The first kappa shape index (κ1) is 23.1. The summed E-state index contributed by atoms with van der Waals surface area (Å²) in [4.78, 5) is 35.3. The predicted molar refractivity (Wildman–Crippen MR) is 112 cm³/mol. The van der Waals surface area contributed by atoms with E-state index in [2.05, 4.69) is 6.92 Å². The number of nitro groups is 1. The van der Waals surface area contributed by atoms with Crippen molar-refractivity contribution in [3.8, 4) is 0 Å². The molecule has 0 aliphatic heterocycles. The number of esters is 2. The molecule has 0 saturated carbocycles. The molecule has 0 spiro atoms. The van der Waals surface area contributed by atoms with E-state index in [0.717, 1.165) is 32.1 Å². The third-order valence-electron chi connectivity index (χ3n) is 4.68. The van der Waals surface area contributed by atoms with Crippen LogP contribution in [0.15, 0.2) is 42.5 Å². The fraction of sp³-hybridized carbons (Fsp3) is 0.391. The quantitative estimate of drug-likeness (QED) is 0.212. The number of carbonyl (C=O) groups is 2. The van der Waals surface area contributed by atoms with Gasteiger partial charge in [0, 0.05) is 11.6 Å². The smallest absolute Gasteiger partial charge is 0.339 e. The van der Waals surface area contributed by atoms with Crippen molar-refractivity contribution < 1.29 is 24.0 Å². The average molecular weight is 413 g/mol. The van der Waals surface area contributed by atoms with Gasteiger partial charge in [-0.1, -0.05) is 44.7 Å². The summed E-state index contributed by atoms with van der Waals surface area (Å²) < 4.78 is 10.6. The molecule has 0 aliphatic rings. The first-order valence-corrected chi connectivity index (χ1v) is 10.1. The maximum atomic E-state index is 12.5. The van der Waals surface area contributed by atoms with Gasteiger partial charge in [-0.2, -0.15) is 0 Å². The van der Waals surface area contributed by atoms with E-state index in [4.69, 9.17) is 9.47 Å². The second-order valence-corrected chi connectivity index (χ2v) is 7.05. The molecule has 0 unspecified atom stereocenters. The number of hydrogen-bond acceptors (Lipinski definition) is 6. The molecule has 0 fully saturated rings. The van der Waals surface area contributed by atoms with Gasteiger partial charge in [0.25, 0.3) is 5.69 Å². The van der Waals surface area contributed by atoms with Crippen LogP contribution in [0.2, 0.25) is 0 Å². The summed E-state index contributed by atoms with van der Waals surface area (Å²) in [6.45, 7) is 4.02. The van der Waals surface area contributed by atoms with E-state index in [0.29, 0.717) is 17.7 Å². The molecule has 0 bridgehead atoms. The van der Waals surface area contributed by atoms with E-state index in [1.165, 1.54) is 24.3 Å². The van der Waals surface area contributed by atoms with Gasteiger partial charge in [-0.15, -0.1) is 0 Å². The normalized spacial score (nSPS) is 10.5. The number of ether oxygens (including phenoxy) is 2. The lowest BCUT2D eigenvalue weighted by atomic mass is 10.1. The molecule has 0 N–H and O–H groups in total. The Kier molecular flexibility index (Phi) is 9.00. The number of nitrogens with zero attached hydrogens (tertiary/aromatic N) is 1. The van der Waals surface area contributed by atoms with Crippen LogP contribution in [0.1, 0.15) is 70.9 Å². The molecule has 0 atom stereocenters. The number of rotatable bonds is 11. The molecule has 0 amide bonds. The summed E-state index contributed by atoms with van der Waals surface area (Å²) in [7, 11) is 0. The fourth-order valence-electron chi connectivity index (χ4n) is 3.03. The predicted octanol–water partition coefficient (Wildman–Crippen LogP) is 5.39. The lowest BCUT2D eigenvalue weighted by Gasteiger charge is -2.10. The highest BCUT2D eigenvalue weighted by molar-refractivity contribution is 6.03. The van der Waals surface area contributed by atoms with Crippen LogP contribution in [0, 0.1) is 17.0 Å². The molecule has 0 heterocycles. The van der Waals surface area contributed by atoms with Crippen molar-refractivity contribution in [2.24, 2.45) is 0 Å². The number of aryl methyl sites for hydroxylation is 1. The summed E-state index contributed by atoms with van der Waals surface area (Å²) in [6.07, 6.45) is 5.21. The Hall–Kier alpha value is -3.22. The van der Waals surface area contributed by atoms with Gasteiger partial charge in [-0.05, 0) is 43.2 Å². The minimum Gasteiger partial charge on any atom is -0.462 e. The molecule has 2 aromatic rings. The van der Waals surface area contributed by atoms with Crippen molar-refractivity contribution >= 4 is 17.6 Å². The molecule has 30 heavy (non-hydrogen) atoms. The lowest BCUT2D eigenvalue weighted by molar-refractivity contribution is -0.385. The summed E-state index contributed by atoms with van der Waals surface area (Å²) in [5.41, 5.74) is 1.41. The second kappa shape index (κ2) is 11.7. The largest absolute Gasteiger partial charge is 0.462 e. The molecule has 0 radical (unpaired) electrons. The highest BCUT2D eigenvalue weighted by atomic mass is 16.6. The van der Waals surface area contributed by atoms with Gasteiger partial charge in [0.15, 0.2) is 0 Å². The van der Waals surface area contributed by atoms with Crippen LogP contribution in [0.5, 0.6) is 0 Å². The SMILES string of the molecule is CCCCCCCOC(=O)c1ccccc1C(=O)OCc1ccc([N+](=O)[O-])c(C)c1. The molecule has 160 valence electrons. The van der Waals surface area contributed by atoms with Gasteiger partial charge in [-0.25, -0.2) is 9.59 Å². The van der Waals surface area contributed by atoms with Gasteiger partial charge in [0.2, 0.25) is 0 Å². The molecule has 2 aromatic carbocycles. The van der Waals surface area contributed by atoms with E-state index in [1.807, 2.05) is 0 Å². The van der Waals surface area contributed by atoms with Crippen molar-refractivity contribution in [3.05, 3.63) is 74.8 Å². The van der Waals surface area contributed by atoms with E-state index in [-0.39, 0.29) is 23.4 Å².